The molecule has 3 rings (SSSR count). The van der Waals surface area contributed by atoms with Gasteiger partial charge in [0.25, 0.3) is 0 Å². The van der Waals surface area contributed by atoms with Gasteiger partial charge in [0.05, 0.1) is 11.3 Å². The lowest BCUT2D eigenvalue weighted by molar-refractivity contribution is 0.0697. The molecule has 1 unspecified atom stereocenters. The van der Waals surface area contributed by atoms with E-state index < -0.39 is 5.97 Å². The molecule has 0 spiro atoms. The normalized spacial score (nSPS) is 18.2. The van der Waals surface area contributed by atoms with Crippen molar-refractivity contribution < 1.29 is 9.90 Å². The first kappa shape index (κ1) is 16.7. The summed E-state index contributed by atoms with van der Waals surface area (Å²) in [4.78, 5) is 18.6. The van der Waals surface area contributed by atoms with E-state index in [2.05, 4.69) is 29.8 Å². The number of carbonyl (C=O) groups is 1. The molecule has 1 aliphatic heterocycles. The van der Waals surface area contributed by atoms with Crippen LogP contribution in [0.15, 0.2) is 42.6 Å². The highest BCUT2D eigenvalue weighted by atomic mass is 16.4. The maximum atomic E-state index is 11.5. The standard InChI is InChI=1S/C20H24N2O2/c1-14(2)22-11-9-15(13-22)12-16-6-5-10-21-19(16)17-7-3-4-8-18(17)20(23)24/h3-8,10,14-15H,9,11-13H2,1-2H3,(H,23,24). The third kappa shape index (κ3) is 3.49. The van der Waals surface area contributed by atoms with Crippen molar-refractivity contribution in [2.75, 3.05) is 13.1 Å². The zero-order valence-electron chi connectivity index (χ0n) is 14.3. The van der Waals surface area contributed by atoms with Crippen molar-refractivity contribution in [3.05, 3.63) is 53.7 Å². The molecule has 0 saturated carbocycles. The summed E-state index contributed by atoms with van der Waals surface area (Å²) in [6.07, 6.45) is 3.87. The van der Waals surface area contributed by atoms with E-state index in [-0.39, 0.29) is 0 Å². The van der Waals surface area contributed by atoms with Gasteiger partial charge in [-0.05, 0) is 56.8 Å². The quantitative estimate of drug-likeness (QED) is 0.911. The number of aromatic nitrogens is 1. The smallest absolute Gasteiger partial charge is 0.336 e. The molecule has 126 valence electrons. The summed E-state index contributed by atoms with van der Waals surface area (Å²) in [6, 6.07) is 11.7. The Morgan fingerprint density at radius 3 is 2.79 bits per heavy atom. The predicted molar refractivity (Wildman–Crippen MR) is 95.2 cm³/mol. The maximum Gasteiger partial charge on any atom is 0.336 e. The molecule has 24 heavy (non-hydrogen) atoms. The van der Waals surface area contributed by atoms with Crippen molar-refractivity contribution in [2.24, 2.45) is 5.92 Å². The highest BCUT2D eigenvalue weighted by Gasteiger charge is 2.25. The monoisotopic (exact) mass is 324 g/mol. The van der Waals surface area contributed by atoms with Crippen LogP contribution in [-0.2, 0) is 6.42 Å². The minimum absolute atomic E-state index is 0.313. The Kier molecular flexibility index (Phi) is 4.95. The molecule has 1 aromatic heterocycles. The summed E-state index contributed by atoms with van der Waals surface area (Å²) >= 11 is 0. The third-order valence-corrected chi connectivity index (χ3v) is 4.86. The average molecular weight is 324 g/mol. The molecule has 0 radical (unpaired) electrons. The van der Waals surface area contributed by atoms with Gasteiger partial charge in [0, 0.05) is 24.3 Å². The topological polar surface area (TPSA) is 53.4 Å². The van der Waals surface area contributed by atoms with E-state index in [1.54, 1.807) is 18.3 Å². The van der Waals surface area contributed by atoms with Crippen LogP contribution in [0, 0.1) is 5.92 Å². The molecule has 4 heteroatoms. The Labute approximate surface area is 143 Å². The molecule has 1 N–H and O–H groups in total. The van der Waals surface area contributed by atoms with Gasteiger partial charge in [-0.25, -0.2) is 4.79 Å². The summed E-state index contributed by atoms with van der Waals surface area (Å²) in [5.41, 5.74) is 2.97. The minimum atomic E-state index is -0.908. The Bertz CT molecular complexity index is 727. The van der Waals surface area contributed by atoms with Crippen molar-refractivity contribution in [1.29, 1.82) is 0 Å². The van der Waals surface area contributed by atoms with Crippen LogP contribution in [0.5, 0.6) is 0 Å². The highest BCUT2D eigenvalue weighted by molar-refractivity contribution is 5.95. The summed E-state index contributed by atoms with van der Waals surface area (Å²) in [5, 5.41) is 9.46. The van der Waals surface area contributed by atoms with Crippen LogP contribution in [0.25, 0.3) is 11.3 Å². The Morgan fingerprint density at radius 2 is 2.08 bits per heavy atom. The van der Waals surface area contributed by atoms with Crippen molar-refractivity contribution in [3.8, 4) is 11.3 Å². The second-order valence-electron chi connectivity index (χ2n) is 6.81. The number of carboxylic acids is 1. The molecule has 2 heterocycles. The van der Waals surface area contributed by atoms with E-state index in [0.717, 1.165) is 30.8 Å². The molecule has 4 nitrogen and oxygen atoms in total. The fourth-order valence-corrected chi connectivity index (χ4v) is 3.53. The Morgan fingerprint density at radius 1 is 1.29 bits per heavy atom. The lowest BCUT2D eigenvalue weighted by Gasteiger charge is -2.20. The summed E-state index contributed by atoms with van der Waals surface area (Å²) in [6.45, 7) is 6.72. The number of likely N-dealkylation sites (tertiary alicyclic amines) is 1. The van der Waals surface area contributed by atoms with Gasteiger partial charge in [0.1, 0.15) is 0 Å². The van der Waals surface area contributed by atoms with Crippen LogP contribution < -0.4 is 0 Å². The minimum Gasteiger partial charge on any atom is -0.478 e. The van der Waals surface area contributed by atoms with Gasteiger partial charge in [-0.3, -0.25) is 4.98 Å². The van der Waals surface area contributed by atoms with Crippen molar-refractivity contribution in [3.63, 3.8) is 0 Å². The molecule has 1 atom stereocenters. The molecule has 0 bridgehead atoms. The molecule has 2 aromatic rings. The first-order chi connectivity index (χ1) is 11.6. The van der Waals surface area contributed by atoms with E-state index in [4.69, 9.17) is 0 Å². The van der Waals surface area contributed by atoms with Gasteiger partial charge in [-0.2, -0.15) is 0 Å². The zero-order valence-corrected chi connectivity index (χ0v) is 14.3. The van der Waals surface area contributed by atoms with Crippen LogP contribution in [0.1, 0.15) is 36.2 Å². The zero-order chi connectivity index (χ0) is 17.1. The van der Waals surface area contributed by atoms with E-state index in [9.17, 15) is 9.90 Å². The number of nitrogens with zero attached hydrogens (tertiary/aromatic N) is 2. The number of hydrogen-bond acceptors (Lipinski definition) is 3. The molecule has 1 saturated heterocycles. The van der Waals surface area contributed by atoms with Gasteiger partial charge in [-0.15, -0.1) is 0 Å². The fraction of sp³-hybridized carbons (Fsp3) is 0.400. The Balaban J connectivity index is 1.89. The van der Waals surface area contributed by atoms with Crippen LogP contribution in [0.2, 0.25) is 0 Å². The summed E-state index contributed by atoms with van der Waals surface area (Å²) in [5.74, 6) is -0.304. The number of hydrogen-bond donors (Lipinski definition) is 1. The molecule has 1 aromatic carbocycles. The van der Waals surface area contributed by atoms with Crippen LogP contribution in [0.4, 0.5) is 0 Å². The molecule has 0 amide bonds. The first-order valence-electron chi connectivity index (χ1n) is 8.57. The Hall–Kier alpha value is -2.20. The SMILES string of the molecule is CC(C)N1CCC(Cc2cccnc2-c2ccccc2C(=O)O)C1. The lowest BCUT2D eigenvalue weighted by Crippen LogP contribution is -2.28. The van der Waals surface area contributed by atoms with E-state index >= 15 is 0 Å². The van der Waals surface area contributed by atoms with Crippen LogP contribution in [0.3, 0.4) is 0 Å². The van der Waals surface area contributed by atoms with Crippen LogP contribution >= 0.6 is 0 Å². The second-order valence-corrected chi connectivity index (χ2v) is 6.81. The maximum absolute atomic E-state index is 11.5. The third-order valence-electron chi connectivity index (χ3n) is 4.86. The van der Waals surface area contributed by atoms with Gasteiger partial charge in [0.15, 0.2) is 0 Å². The molecule has 0 aliphatic carbocycles. The predicted octanol–water partition coefficient (Wildman–Crippen LogP) is 3.72. The van der Waals surface area contributed by atoms with Gasteiger partial charge in [-0.1, -0.05) is 24.3 Å². The summed E-state index contributed by atoms with van der Waals surface area (Å²) in [7, 11) is 0. The van der Waals surface area contributed by atoms with Gasteiger partial charge >= 0.3 is 5.97 Å². The molecule has 1 aliphatic rings. The average Bonchev–Trinajstić information content (AvgIpc) is 3.04. The largest absolute Gasteiger partial charge is 0.478 e. The second kappa shape index (κ2) is 7.14. The van der Waals surface area contributed by atoms with E-state index in [1.807, 2.05) is 18.2 Å². The van der Waals surface area contributed by atoms with Gasteiger partial charge in [0.2, 0.25) is 0 Å². The number of benzene rings is 1. The number of pyridine rings is 1. The van der Waals surface area contributed by atoms with E-state index in [1.165, 1.54) is 6.42 Å². The van der Waals surface area contributed by atoms with Crippen molar-refractivity contribution in [2.45, 2.75) is 32.7 Å². The first-order valence-corrected chi connectivity index (χ1v) is 8.57. The number of carboxylic acid groups (broad SMARTS) is 1. The highest BCUT2D eigenvalue weighted by Crippen LogP contribution is 2.29. The molecular formula is C20H24N2O2. The molecular weight excluding hydrogens is 300 g/mol. The summed E-state index contributed by atoms with van der Waals surface area (Å²) < 4.78 is 0. The van der Waals surface area contributed by atoms with Crippen molar-refractivity contribution in [1.82, 2.24) is 9.88 Å². The fourth-order valence-electron chi connectivity index (χ4n) is 3.53. The number of aromatic carboxylic acids is 1. The molecule has 1 fully saturated rings. The lowest BCUT2D eigenvalue weighted by atomic mass is 9.93. The van der Waals surface area contributed by atoms with Gasteiger partial charge < -0.3 is 10.0 Å². The number of rotatable bonds is 5. The van der Waals surface area contributed by atoms with Crippen molar-refractivity contribution >= 4 is 5.97 Å². The van der Waals surface area contributed by atoms with E-state index in [0.29, 0.717) is 23.1 Å². The van der Waals surface area contributed by atoms with Crippen LogP contribution in [-0.4, -0.2) is 40.1 Å².